The van der Waals surface area contributed by atoms with E-state index in [1.807, 2.05) is 0 Å². The summed E-state index contributed by atoms with van der Waals surface area (Å²) >= 11 is 0. The smallest absolute Gasteiger partial charge is 0.223 e. The predicted molar refractivity (Wildman–Crippen MR) is 76.8 cm³/mol. The number of hydrogen-bond donors (Lipinski definition) is 1. The molecule has 2 nitrogen and oxygen atoms in total. The van der Waals surface area contributed by atoms with Gasteiger partial charge in [0.2, 0.25) is 5.91 Å². The van der Waals surface area contributed by atoms with Crippen molar-refractivity contribution in [3.8, 4) is 0 Å². The molecule has 3 heteroatoms. The summed E-state index contributed by atoms with van der Waals surface area (Å²) in [4.78, 5) is 12.2. The molecule has 0 radical (unpaired) electrons. The van der Waals surface area contributed by atoms with Gasteiger partial charge in [0.25, 0.3) is 0 Å². The maximum Gasteiger partial charge on any atom is 0.223 e. The van der Waals surface area contributed by atoms with Gasteiger partial charge in [-0.1, -0.05) is 19.1 Å². The highest BCUT2D eigenvalue weighted by Crippen LogP contribution is 2.47. The fourth-order valence-corrected chi connectivity index (χ4v) is 3.28. The first-order chi connectivity index (χ1) is 9.63. The summed E-state index contributed by atoms with van der Waals surface area (Å²) in [7, 11) is 0. The fraction of sp³-hybridized carbons (Fsp3) is 0.588. The minimum absolute atomic E-state index is 0.0970. The van der Waals surface area contributed by atoms with Gasteiger partial charge in [0.1, 0.15) is 5.82 Å². The SMILES string of the molecule is CC1CCC(NC(=O)C2CC2c2ccc(F)cc2)CC1. The van der Waals surface area contributed by atoms with E-state index < -0.39 is 0 Å². The fourth-order valence-electron chi connectivity index (χ4n) is 3.28. The highest BCUT2D eigenvalue weighted by Gasteiger charge is 2.44. The van der Waals surface area contributed by atoms with Crippen LogP contribution in [0.2, 0.25) is 0 Å². The maximum atomic E-state index is 12.9. The first-order valence-electron chi connectivity index (χ1n) is 7.69. The zero-order valence-corrected chi connectivity index (χ0v) is 11.9. The van der Waals surface area contributed by atoms with Gasteiger partial charge in [0.15, 0.2) is 0 Å². The summed E-state index contributed by atoms with van der Waals surface area (Å²) in [5.41, 5.74) is 1.09. The highest BCUT2D eigenvalue weighted by molar-refractivity contribution is 5.83. The molecule has 20 heavy (non-hydrogen) atoms. The third kappa shape index (κ3) is 3.02. The van der Waals surface area contributed by atoms with Crippen LogP contribution in [0.1, 0.15) is 50.5 Å². The second kappa shape index (κ2) is 5.55. The standard InChI is InChI=1S/C17H22FNO/c1-11-2-8-14(9-3-11)19-17(20)16-10-15(16)12-4-6-13(18)7-5-12/h4-7,11,14-16H,2-3,8-10H2,1H3,(H,19,20). The molecule has 2 unspecified atom stereocenters. The topological polar surface area (TPSA) is 29.1 Å². The second-order valence-electron chi connectivity index (χ2n) is 6.47. The molecule has 2 aliphatic rings. The van der Waals surface area contributed by atoms with E-state index in [1.54, 1.807) is 12.1 Å². The number of benzene rings is 1. The number of rotatable bonds is 3. The third-order valence-electron chi connectivity index (χ3n) is 4.79. The average Bonchev–Trinajstić information content (AvgIpc) is 3.23. The molecule has 1 amide bonds. The number of hydrogen-bond acceptors (Lipinski definition) is 1. The Morgan fingerprint density at radius 2 is 1.80 bits per heavy atom. The summed E-state index contributed by atoms with van der Waals surface area (Å²) in [5.74, 6) is 1.17. The van der Waals surface area contributed by atoms with Gasteiger partial charge >= 0.3 is 0 Å². The zero-order valence-electron chi connectivity index (χ0n) is 11.9. The molecule has 108 valence electrons. The van der Waals surface area contributed by atoms with E-state index in [-0.39, 0.29) is 23.6 Å². The van der Waals surface area contributed by atoms with Crippen LogP contribution in [0.3, 0.4) is 0 Å². The molecular weight excluding hydrogens is 253 g/mol. The molecule has 0 aromatic heterocycles. The Hall–Kier alpha value is -1.38. The van der Waals surface area contributed by atoms with E-state index in [0.29, 0.717) is 6.04 Å². The van der Waals surface area contributed by atoms with Gasteiger partial charge in [0, 0.05) is 12.0 Å². The summed E-state index contributed by atoms with van der Waals surface area (Å²) in [6, 6.07) is 6.93. The molecule has 2 saturated carbocycles. The summed E-state index contributed by atoms with van der Waals surface area (Å²) < 4.78 is 12.9. The van der Waals surface area contributed by atoms with Crippen LogP contribution in [0.15, 0.2) is 24.3 Å². The molecule has 0 aliphatic heterocycles. The lowest BCUT2D eigenvalue weighted by Gasteiger charge is -2.27. The quantitative estimate of drug-likeness (QED) is 0.896. The first-order valence-corrected chi connectivity index (χ1v) is 7.69. The minimum atomic E-state index is -0.216. The summed E-state index contributed by atoms with van der Waals surface area (Å²) in [6.45, 7) is 2.28. The third-order valence-corrected chi connectivity index (χ3v) is 4.79. The Balaban J connectivity index is 1.51. The Kier molecular flexibility index (Phi) is 3.77. The molecule has 0 heterocycles. The average molecular weight is 275 g/mol. The van der Waals surface area contributed by atoms with Crippen molar-refractivity contribution in [2.24, 2.45) is 11.8 Å². The Morgan fingerprint density at radius 3 is 2.45 bits per heavy atom. The molecule has 0 saturated heterocycles. The first kappa shape index (κ1) is 13.6. The monoisotopic (exact) mass is 275 g/mol. The van der Waals surface area contributed by atoms with Crippen molar-refractivity contribution >= 4 is 5.91 Å². The number of carbonyl (C=O) groups is 1. The van der Waals surface area contributed by atoms with Crippen molar-refractivity contribution in [2.45, 2.75) is 51.0 Å². The number of halogens is 1. The molecule has 1 N–H and O–H groups in total. The van der Waals surface area contributed by atoms with Crippen LogP contribution in [0.25, 0.3) is 0 Å². The van der Waals surface area contributed by atoms with E-state index in [4.69, 9.17) is 0 Å². The normalized spacial score (nSPS) is 32.7. The van der Waals surface area contributed by atoms with E-state index in [9.17, 15) is 9.18 Å². The lowest BCUT2D eigenvalue weighted by molar-refractivity contribution is -0.123. The van der Waals surface area contributed by atoms with Crippen LogP contribution in [0, 0.1) is 17.7 Å². The molecule has 0 bridgehead atoms. The molecule has 1 aromatic rings. The predicted octanol–water partition coefficient (Wildman–Crippen LogP) is 3.62. The van der Waals surface area contributed by atoms with Crippen LogP contribution >= 0.6 is 0 Å². The van der Waals surface area contributed by atoms with Gasteiger partial charge in [-0.2, -0.15) is 0 Å². The number of carbonyl (C=O) groups excluding carboxylic acids is 1. The largest absolute Gasteiger partial charge is 0.353 e. The van der Waals surface area contributed by atoms with Crippen molar-refractivity contribution in [1.29, 1.82) is 0 Å². The van der Waals surface area contributed by atoms with Crippen LogP contribution in [-0.2, 0) is 4.79 Å². The molecule has 2 atom stereocenters. The summed E-state index contributed by atoms with van der Waals surface area (Å²) in [5, 5.41) is 3.20. The Bertz CT molecular complexity index is 476. The van der Waals surface area contributed by atoms with Gasteiger partial charge in [-0.25, -0.2) is 4.39 Å². The van der Waals surface area contributed by atoms with Gasteiger partial charge in [0.05, 0.1) is 0 Å². The van der Waals surface area contributed by atoms with Crippen LogP contribution < -0.4 is 5.32 Å². The van der Waals surface area contributed by atoms with Gasteiger partial charge in [-0.05, 0) is 61.6 Å². The van der Waals surface area contributed by atoms with E-state index >= 15 is 0 Å². The maximum absolute atomic E-state index is 12.9. The molecule has 3 rings (SSSR count). The minimum Gasteiger partial charge on any atom is -0.353 e. The van der Waals surface area contributed by atoms with E-state index in [1.165, 1.54) is 25.0 Å². The lowest BCUT2D eigenvalue weighted by Crippen LogP contribution is -2.38. The van der Waals surface area contributed by atoms with Crippen LogP contribution in [0.5, 0.6) is 0 Å². The van der Waals surface area contributed by atoms with Crippen LogP contribution in [0.4, 0.5) is 4.39 Å². The molecule has 0 spiro atoms. The van der Waals surface area contributed by atoms with Gasteiger partial charge in [-0.3, -0.25) is 4.79 Å². The number of amides is 1. The zero-order chi connectivity index (χ0) is 14.1. The van der Waals surface area contributed by atoms with Crippen molar-refractivity contribution in [3.05, 3.63) is 35.6 Å². The molecule has 1 aromatic carbocycles. The van der Waals surface area contributed by atoms with Crippen molar-refractivity contribution in [3.63, 3.8) is 0 Å². The van der Waals surface area contributed by atoms with Crippen molar-refractivity contribution in [1.82, 2.24) is 5.32 Å². The second-order valence-corrected chi connectivity index (χ2v) is 6.47. The van der Waals surface area contributed by atoms with Gasteiger partial charge in [-0.15, -0.1) is 0 Å². The van der Waals surface area contributed by atoms with Crippen molar-refractivity contribution in [2.75, 3.05) is 0 Å². The lowest BCUT2D eigenvalue weighted by atomic mass is 9.87. The Morgan fingerprint density at radius 1 is 1.15 bits per heavy atom. The molecule has 2 aliphatic carbocycles. The summed E-state index contributed by atoms with van der Waals surface area (Å²) in [6.07, 6.45) is 5.57. The molecule has 2 fully saturated rings. The van der Waals surface area contributed by atoms with E-state index in [0.717, 1.165) is 30.7 Å². The molecular formula is C17H22FNO. The van der Waals surface area contributed by atoms with Crippen LogP contribution in [-0.4, -0.2) is 11.9 Å². The van der Waals surface area contributed by atoms with Crippen molar-refractivity contribution < 1.29 is 9.18 Å². The van der Waals surface area contributed by atoms with E-state index in [2.05, 4.69) is 12.2 Å². The Labute approximate surface area is 119 Å². The van der Waals surface area contributed by atoms with Gasteiger partial charge < -0.3 is 5.32 Å². The number of nitrogens with one attached hydrogen (secondary N) is 1. The highest BCUT2D eigenvalue weighted by atomic mass is 19.1.